The average Bonchev–Trinajstić information content (AvgIpc) is 3.57. The monoisotopic (exact) mass is 346 g/mol. The fraction of sp³-hybridized carbons (Fsp3) is 0.900. The van der Waals surface area contributed by atoms with Crippen LogP contribution in [0.3, 0.4) is 0 Å². The van der Waals surface area contributed by atoms with Gasteiger partial charge in [-0.25, -0.2) is 0 Å². The molecule has 5 nitrogen and oxygen atoms in total. The molecule has 3 saturated carbocycles. The molecule has 1 saturated heterocycles. The molecular formula is C20H34N4O. The van der Waals surface area contributed by atoms with Crippen molar-refractivity contribution in [3.8, 4) is 0 Å². The van der Waals surface area contributed by atoms with E-state index in [0.29, 0.717) is 23.3 Å². The summed E-state index contributed by atoms with van der Waals surface area (Å²) in [4.78, 5) is 19.2. The van der Waals surface area contributed by atoms with Crippen LogP contribution in [0.15, 0.2) is 4.99 Å². The van der Waals surface area contributed by atoms with Crippen molar-refractivity contribution >= 4 is 11.9 Å². The Hall–Kier alpha value is -1.26. The van der Waals surface area contributed by atoms with Crippen molar-refractivity contribution in [3.05, 3.63) is 0 Å². The third-order valence-electron chi connectivity index (χ3n) is 6.96. The summed E-state index contributed by atoms with van der Waals surface area (Å²) in [6.07, 6.45) is 12.6. The van der Waals surface area contributed by atoms with Crippen LogP contribution in [0.25, 0.3) is 0 Å². The molecule has 1 heterocycles. The molecule has 1 aliphatic heterocycles. The standard InChI is InChI=1S/C20H34N4O/c1-21-19(22-14-20(10-11-20)16-7-8-16)23-17-9-12-24(13-17)18(25)15-5-3-2-4-6-15/h15-17H,2-14H2,1H3,(H2,21,22,23). The number of amides is 1. The lowest BCUT2D eigenvalue weighted by atomic mass is 9.88. The lowest BCUT2D eigenvalue weighted by Crippen LogP contribution is -2.47. The molecule has 1 amide bonds. The SMILES string of the molecule is CN=C(NCC1(C2CC2)CC1)NC1CCN(C(=O)C2CCCCC2)C1. The normalized spacial score (nSPS) is 29.6. The summed E-state index contributed by atoms with van der Waals surface area (Å²) in [6.45, 7) is 2.80. The van der Waals surface area contributed by atoms with E-state index < -0.39 is 0 Å². The van der Waals surface area contributed by atoms with Crippen LogP contribution in [0.4, 0.5) is 0 Å². The summed E-state index contributed by atoms with van der Waals surface area (Å²) in [5.74, 6) is 2.58. The number of nitrogens with one attached hydrogen (secondary N) is 2. The number of hydrogen-bond donors (Lipinski definition) is 2. The van der Waals surface area contributed by atoms with Crippen LogP contribution < -0.4 is 10.6 Å². The lowest BCUT2D eigenvalue weighted by molar-refractivity contribution is -0.135. The van der Waals surface area contributed by atoms with Gasteiger partial charge in [0.25, 0.3) is 0 Å². The summed E-state index contributed by atoms with van der Waals surface area (Å²) in [5.41, 5.74) is 0.580. The molecule has 4 fully saturated rings. The lowest BCUT2D eigenvalue weighted by Gasteiger charge is -2.26. The average molecular weight is 347 g/mol. The van der Waals surface area contributed by atoms with Crippen molar-refractivity contribution in [1.29, 1.82) is 0 Å². The van der Waals surface area contributed by atoms with Crippen molar-refractivity contribution in [2.45, 2.75) is 70.3 Å². The van der Waals surface area contributed by atoms with Crippen molar-refractivity contribution < 1.29 is 4.79 Å². The van der Waals surface area contributed by atoms with Gasteiger partial charge in [-0.2, -0.15) is 0 Å². The van der Waals surface area contributed by atoms with Crippen LogP contribution >= 0.6 is 0 Å². The molecule has 0 aromatic carbocycles. The fourth-order valence-electron chi connectivity index (χ4n) is 4.92. The second-order valence-corrected chi connectivity index (χ2v) is 8.81. The molecule has 0 aromatic rings. The highest BCUT2D eigenvalue weighted by Gasteiger charge is 2.53. The van der Waals surface area contributed by atoms with Crippen LogP contribution in [0.1, 0.15) is 64.2 Å². The number of aliphatic imine (C=N–C) groups is 1. The molecule has 0 spiro atoms. The number of rotatable bonds is 5. The van der Waals surface area contributed by atoms with Crippen LogP contribution in [0.5, 0.6) is 0 Å². The third kappa shape index (κ3) is 3.95. The Morgan fingerprint density at radius 3 is 2.52 bits per heavy atom. The van der Waals surface area contributed by atoms with E-state index >= 15 is 0 Å². The number of nitrogens with zero attached hydrogens (tertiary/aromatic N) is 2. The van der Waals surface area contributed by atoms with Crippen LogP contribution in [0.2, 0.25) is 0 Å². The van der Waals surface area contributed by atoms with E-state index in [1.165, 1.54) is 44.9 Å². The summed E-state index contributed by atoms with van der Waals surface area (Å²) >= 11 is 0. The van der Waals surface area contributed by atoms with Gasteiger partial charge < -0.3 is 15.5 Å². The van der Waals surface area contributed by atoms with Crippen molar-refractivity contribution in [1.82, 2.24) is 15.5 Å². The summed E-state index contributed by atoms with van der Waals surface area (Å²) < 4.78 is 0. The highest BCUT2D eigenvalue weighted by atomic mass is 16.2. The first-order valence-corrected chi connectivity index (χ1v) is 10.5. The zero-order valence-electron chi connectivity index (χ0n) is 15.7. The van der Waals surface area contributed by atoms with E-state index in [4.69, 9.17) is 0 Å². The quantitative estimate of drug-likeness (QED) is 0.594. The minimum absolute atomic E-state index is 0.290. The van der Waals surface area contributed by atoms with Gasteiger partial charge >= 0.3 is 0 Å². The van der Waals surface area contributed by atoms with Crippen LogP contribution in [-0.4, -0.2) is 49.5 Å². The zero-order valence-corrected chi connectivity index (χ0v) is 15.7. The minimum Gasteiger partial charge on any atom is -0.356 e. The van der Waals surface area contributed by atoms with Crippen molar-refractivity contribution in [2.24, 2.45) is 22.2 Å². The molecule has 5 heteroatoms. The van der Waals surface area contributed by atoms with E-state index in [1.54, 1.807) is 0 Å². The van der Waals surface area contributed by atoms with E-state index in [9.17, 15) is 4.79 Å². The topological polar surface area (TPSA) is 56.7 Å². The molecule has 25 heavy (non-hydrogen) atoms. The van der Waals surface area contributed by atoms with E-state index in [-0.39, 0.29) is 0 Å². The Morgan fingerprint density at radius 2 is 1.88 bits per heavy atom. The molecule has 4 rings (SSSR count). The van der Waals surface area contributed by atoms with E-state index in [1.807, 2.05) is 7.05 Å². The number of likely N-dealkylation sites (tertiary alicyclic amines) is 1. The van der Waals surface area contributed by atoms with Crippen LogP contribution in [-0.2, 0) is 4.79 Å². The molecular weight excluding hydrogens is 312 g/mol. The molecule has 0 bridgehead atoms. The van der Waals surface area contributed by atoms with Gasteiger partial charge in [0.1, 0.15) is 0 Å². The highest BCUT2D eigenvalue weighted by molar-refractivity contribution is 5.81. The minimum atomic E-state index is 0.290. The van der Waals surface area contributed by atoms with Gasteiger partial charge in [0.15, 0.2) is 5.96 Å². The van der Waals surface area contributed by atoms with Crippen molar-refractivity contribution in [3.63, 3.8) is 0 Å². The summed E-state index contributed by atoms with van der Waals surface area (Å²) in [6, 6.07) is 0.342. The first-order valence-electron chi connectivity index (χ1n) is 10.5. The highest BCUT2D eigenvalue weighted by Crippen LogP contribution is 2.60. The number of hydrogen-bond acceptors (Lipinski definition) is 2. The molecule has 1 unspecified atom stereocenters. The molecule has 0 aromatic heterocycles. The van der Waals surface area contributed by atoms with Gasteiger partial charge in [0.2, 0.25) is 5.91 Å². The Morgan fingerprint density at radius 1 is 1.12 bits per heavy atom. The molecule has 4 aliphatic rings. The first kappa shape index (κ1) is 17.2. The van der Waals surface area contributed by atoms with E-state index in [2.05, 4.69) is 20.5 Å². The molecule has 140 valence electrons. The largest absolute Gasteiger partial charge is 0.356 e. The van der Waals surface area contributed by atoms with Gasteiger partial charge in [-0.1, -0.05) is 19.3 Å². The molecule has 0 radical (unpaired) electrons. The predicted octanol–water partition coefficient (Wildman–Crippen LogP) is 2.52. The molecule has 3 aliphatic carbocycles. The molecule has 1 atom stereocenters. The zero-order chi connectivity index (χ0) is 17.3. The van der Waals surface area contributed by atoms with Gasteiger partial charge in [0.05, 0.1) is 0 Å². The maximum atomic E-state index is 12.7. The third-order valence-corrected chi connectivity index (χ3v) is 6.96. The predicted molar refractivity (Wildman–Crippen MR) is 100 cm³/mol. The maximum Gasteiger partial charge on any atom is 0.225 e. The van der Waals surface area contributed by atoms with Gasteiger partial charge in [-0.15, -0.1) is 0 Å². The Bertz CT molecular complexity index is 518. The number of carbonyl (C=O) groups is 1. The second-order valence-electron chi connectivity index (χ2n) is 8.81. The number of carbonyl (C=O) groups excluding carboxylic acids is 1. The smallest absolute Gasteiger partial charge is 0.225 e. The van der Waals surface area contributed by atoms with Gasteiger partial charge in [0, 0.05) is 38.6 Å². The number of guanidine groups is 1. The van der Waals surface area contributed by atoms with Gasteiger partial charge in [-0.05, 0) is 56.3 Å². The van der Waals surface area contributed by atoms with Gasteiger partial charge in [-0.3, -0.25) is 9.79 Å². The van der Waals surface area contributed by atoms with E-state index in [0.717, 1.165) is 50.8 Å². The van der Waals surface area contributed by atoms with Crippen molar-refractivity contribution in [2.75, 3.05) is 26.7 Å². The maximum absolute atomic E-state index is 12.7. The molecule has 2 N–H and O–H groups in total. The Balaban J connectivity index is 1.23. The second kappa shape index (κ2) is 7.16. The Kier molecular flexibility index (Phi) is 4.92. The Labute approximate surface area is 152 Å². The fourth-order valence-corrected chi connectivity index (χ4v) is 4.92. The summed E-state index contributed by atoms with van der Waals surface area (Å²) in [5, 5.41) is 7.12. The van der Waals surface area contributed by atoms with Crippen LogP contribution in [0, 0.1) is 17.3 Å². The first-order chi connectivity index (χ1) is 12.2. The summed E-state index contributed by atoms with van der Waals surface area (Å²) in [7, 11) is 1.85.